The summed E-state index contributed by atoms with van der Waals surface area (Å²) in [5.41, 5.74) is 2.70. The number of methoxy groups -OCH3 is 2. The van der Waals surface area contributed by atoms with Crippen molar-refractivity contribution in [2.45, 2.75) is 25.9 Å². The Morgan fingerprint density at radius 3 is 2.29 bits per heavy atom. The molecule has 3 rings (SSSR count). The van der Waals surface area contributed by atoms with Crippen LogP contribution in [0.15, 0.2) is 60.7 Å². The van der Waals surface area contributed by atoms with Gasteiger partial charge in [-0.2, -0.15) is 0 Å². The standard InChI is InChI=1S/C26H28FO4/c1-18-24(29-2)15-21(16-25(18)30-3)26(28)20(14-19-8-5-4-6-9-19)12-13-31-23-11-7-10-22(27)17-23/h5-11,15-17,20,26,28H,12-14H2,1-3H3/t20-,26-/m0/s1. The number of hydrogen-bond donors (Lipinski definition) is 1. The monoisotopic (exact) mass is 423 g/mol. The summed E-state index contributed by atoms with van der Waals surface area (Å²) in [7, 11) is 3.20. The summed E-state index contributed by atoms with van der Waals surface area (Å²) in [5, 5.41) is 11.3. The zero-order valence-corrected chi connectivity index (χ0v) is 18.1. The van der Waals surface area contributed by atoms with E-state index in [0.717, 1.165) is 16.7 Å². The van der Waals surface area contributed by atoms with Gasteiger partial charge in [0.2, 0.25) is 0 Å². The summed E-state index contributed by atoms with van der Waals surface area (Å²) in [6.07, 6.45) is 0.471. The van der Waals surface area contributed by atoms with Crippen LogP contribution < -0.4 is 14.2 Å². The van der Waals surface area contributed by atoms with E-state index < -0.39 is 6.10 Å². The summed E-state index contributed by atoms with van der Waals surface area (Å²) in [5.74, 6) is 1.33. The third-order valence-electron chi connectivity index (χ3n) is 5.40. The fourth-order valence-corrected chi connectivity index (χ4v) is 3.67. The third-order valence-corrected chi connectivity index (χ3v) is 5.40. The van der Waals surface area contributed by atoms with E-state index >= 15 is 0 Å². The Balaban J connectivity index is 1.81. The Bertz CT molecular complexity index is 949. The van der Waals surface area contributed by atoms with Gasteiger partial charge in [0.05, 0.1) is 26.9 Å². The normalized spacial score (nSPS) is 12.8. The molecule has 0 saturated heterocycles. The molecule has 0 spiro atoms. The van der Waals surface area contributed by atoms with Crippen molar-refractivity contribution in [3.8, 4) is 17.2 Å². The lowest BCUT2D eigenvalue weighted by Crippen LogP contribution is -2.19. The maximum Gasteiger partial charge on any atom is 0.126 e. The minimum atomic E-state index is -0.760. The molecule has 2 atom stereocenters. The molecule has 3 aromatic carbocycles. The molecule has 0 aliphatic rings. The average Bonchev–Trinajstić information content (AvgIpc) is 2.79. The predicted molar refractivity (Wildman–Crippen MR) is 118 cm³/mol. The first-order valence-corrected chi connectivity index (χ1v) is 10.3. The third kappa shape index (κ3) is 5.98. The van der Waals surface area contributed by atoms with E-state index in [4.69, 9.17) is 14.2 Å². The number of benzene rings is 3. The largest absolute Gasteiger partial charge is 0.496 e. The van der Waals surface area contributed by atoms with Gasteiger partial charge in [0.25, 0.3) is 0 Å². The predicted octanol–water partition coefficient (Wildman–Crippen LogP) is 5.31. The second-order valence-electron chi connectivity index (χ2n) is 7.46. The molecule has 0 aromatic heterocycles. The van der Waals surface area contributed by atoms with Crippen molar-refractivity contribution >= 4 is 0 Å². The van der Waals surface area contributed by atoms with E-state index in [1.165, 1.54) is 12.1 Å². The van der Waals surface area contributed by atoms with E-state index in [9.17, 15) is 9.50 Å². The number of aliphatic hydroxyl groups excluding tert-OH is 1. The molecule has 4 nitrogen and oxygen atoms in total. The fourth-order valence-electron chi connectivity index (χ4n) is 3.67. The highest BCUT2D eigenvalue weighted by atomic mass is 19.1. The van der Waals surface area contributed by atoms with Gasteiger partial charge in [-0.1, -0.05) is 30.3 Å². The first kappa shape index (κ1) is 22.6. The lowest BCUT2D eigenvalue weighted by atomic mass is 9.87. The number of aliphatic hydroxyl groups is 1. The molecule has 0 amide bonds. The molecule has 0 fully saturated rings. The van der Waals surface area contributed by atoms with Gasteiger partial charge in [-0.25, -0.2) is 4.39 Å². The van der Waals surface area contributed by atoms with Gasteiger partial charge in [-0.3, -0.25) is 0 Å². The van der Waals surface area contributed by atoms with Gasteiger partial charge in [-0.15, -0.1) is 0 Å². The number of halogens is 1. The van der Waals surface area contributed by atoms with E-state index in [2.05, 4.69) is 6.07 Å². The maximum absolute atomic E-state index is 13.4. The summed E-state index contributed by atoms with van der Waals surface area (Å²) in [6.45, 7) is 2.27. The molecule has 1 radical (unpaired) electrons. The molecule has 3 aromatic rings. The van der Waals surface area contributed by atoms with Crippen molar-refractivity contribution in [2.24, 2.45) is 5.92 Å². The Morgan fingerprint density at radius 1 is 1.00 bits per heavy atom. The van der Waals surface area contributed by atoms with Crippen LogP contribution >= 0.6 is 0 Å². The van der Waals surface area contributed by atoms with Crippen LogP contribution in [0.25, 0.3) is 0 Å². The van der Waals surface area contributed by atoms with Gasteiger partial charge in [-0.05, 0) is 67.1 Å². The first-order valence-electron chi connectivity index (χ1n) is 10.3. The van der Waals surface area contributed by atoms with Crippen molar-refractivity contribution in [1.29, 1.82) is 0 Å². The summed E-state index contributed by atoms with van der Waals surface area (Å²) in [6, 6.07) is 20.5. The van der Waals surface area contributed by atoms with Crippen molar-refractivity contribution in [1.82, 2.24) is 0 Å². The molecule has 5 heteroatoms. The second-order valence-corrected chi connectivity index (χ2v) is 7.46. The van der Waals surface area contributed by atoms with Crippen LogP contribution in [0.5, 0.6) is 17.2 Å². The summed E-state index contributed by atoms with van der Waals surface area (Å²) in [4.78, 5) is 0. The minimum absolute atomic E-state index is 0.131. The van der Waals surface area contributed by atoms with E-state index in [0.29, 0.717) is 36.7 Å². The van der Waals surface area contributed by atoms with Gasteiger partial charge in [0.1, 0.15) is 23.1 Å². The van der Waals surface area contributed by atoms with E-state index in [-0.39, 0.29) is 11.7 Å². The van der Waals surface area contributed by atoms with Crippen LogP contribution in [-0.4, -0.2) is 25.9 Å². The van der Waals surface area contributed by atoms with Crippen LogP contribution in [0, 0.1) is 24.7 Å². The Morgan fingerprint density at radius 2 is 1.68 bits per heavy atom. The molecule has 163 valence electrons. The Kier molecular flexibility index (Phi) is 7.90. The van der Waals surface area contributed by atoms with Crippen LogP contribution in [0.1, 0.15) is 29.2 Å². The van der Waals surface area contributed by atoms with E-state index in [1.807, 2.05) is 43.3 Å². The van der Waals surface area contributed by atoms with Crippen LogP contribution in [-0.2, 0) is 6.42 Å². The zero-order valence-electron chi connectivity index (χ0n) is 18.1. The number of ether oxygens (including phenoxy) is 3. The van der Waals surface area contributed by atoms with Gasteiger partial charge in [0.15, 0.2) is 0 Å². The Labute approximate surface area is 183 Å². The molecule has 0 aliphatic carbocycles. The first-order chi connectivity index (χ1) is 15.0. The quantitative estimate of drug-likeness (QED) is 0.480. The van der Waals surface area contributed by atoms with Gasteiger partial charge >= 0.3 is 0 Å². The topological polar surface area (TPSA) is 47.9 Å². The molecule has 0 heterocycles. The number of rotatable bonds is 10. The average molecular weight is 424 g/mol. The molecular formula is C26H28FO4. The van der Waals surface area contributed by atoms with Crippen molar-refractivity contribution in [3.05, 3.63) is 89.2 Å². The molecule has 0 bridgehead atoms. The lowest BCUT2D eigenvalue weighted by molar-refractivity contribution is 0.0916. The van der Waals surface area contributed by atoms with Crippen molar-refractivity contribution < 1.29 is 23.7 Å². The fraction of sp³-hybridized carbons (Fsp3) is 0.308. The van der Waals surface area contributed by atoms with Crippen molar-refractivity contribution in [3.63, 3.8) is 0 Å². The van der Waals surface area contributed by atoms with E-state index in [1.54, 1.807) is 26.4 Å². The van der Waals surface area contributed by atoms with Crippen molar-refractivity contribution in [2.75, 3.05) is 20.8 Å². The highest BCUT2D eigenvalue weighted by molar-refractivity contribution is 5.48. The SMILES string of the molecule is COc1cc([C@@H](O)[C@@H](CCOc2cccc(F)c2)Cc2cc[c]cc2)cc(OC)c1C. The molecule has 1 N–H and O–H groups in total. The lowest BCUT2D eigenvalue weighted by Gasteiger charge is -2.25. The number of hydrogen-bond acceptors (Lipinski definition) is 4. The van der Waals surface area contributed by atoms with Crippen LogP contribution in [0.4, 0.5) is 4.39 Å². The minimum Gasteiger partial charge on any atom is -0.496 e. The van der Waals surface area contributed by atoms with Crippen LogP contribution in [0.3, 0.4) is 0 Å². The molecular weight excluding hydrogens is 395 g/mol. The van der Waals surface area contributed by atoms with Gasteiger partial charge < -0.3 is 19.3 Å². The Hall–Kier alpha value is -3.05. The zero-order chi connectivity index (χ0) is 22.2. The highest BCUT2D eigenvalue weighted by Gasteiger charge is 2.24. The molecule has 0 saturated carbocycles. The summed E-state index contributed by atoms with van der Waals surface area (Å²) < 4.78 is 30.1. The van der Waals surface area contributed by atoms with Gasteiger partial charge in [0, 0.05) is 11.6 Å². The molecule has 0 aliphatic heterocycles. The second kappa shape index (κ2) is 10.8. The maximum atomic E-state index is 13.4. The molecule has 31 heavy (non-hydrogen) atoms. The highest BCUT2D eigenvalue weighted by Crippen LogP contribution is 2.36. The molecule has 0 unspecified atom stereocenters. The summed E-state index contributed by atoms with van der Waals surface area (Å²) >= 11 is 0. The smallest absolute Gasteiger partial charge is 0.126 e. The van der Waals surface area contributed by atoms with Crippen LogP contribution in [0.2, 0.25) is 0 Å².